The van der Waals surface area contributed by atoms with E-state index in [0.717, 1.165) is 30.7 Å². The molecule has 7 nitrogen and oxygen atoms in total. The lowest BCUT2D eigenvalue weighted by molar-refractivity contribution is -0.125. The van der Waals surface area contributed by atoms with Crippen molar-refractivity contribution < 1.29 is 14.3 Å². The molecule has 1 saturated carbocycles. The Morgan fingerprint density at radius 2 is 1.84 bits per heavy atom. The highest BCUT2D eigenvalue weighted by Crippen LogP contribution is 2.28. The highest BCUT2D eigenvalue weighted by atomic mass is 16.5. The lowest BCUT2D eigenvalue weighted by atomic mass is 9.81. The van der Waals surface area contributed by atoms with Gasteiger partial charge in [0.1, 0.15) is 11.3 Å². The number of primary amides is 1. The Kier molecular flexibility index (Phi) is 4.74. The van der Waals surface area contributed by atoms with E-state index in [1.807, 2.05) is 24.3 Å². The first-order chi connectivity index (χ1) is 12.0. The second-order valence-corrected chi connectivity index (χ2v) is 6.30. The smallest absolute Gasteiger partial charge is 0.272 e. The van der Waals surface area contributed by atoms with E-state index in [4.69, 9.17) is 10.5 Å². The molecule has 1 aromatic heterocycles. The van der Waals surface area contributed by atoms with Gasteiger partial charge in [0.25, 0.3) is 5.91 Å². The van der Waals surface area contributed by atoms with Gasteiger partial charge in [-0.3, -0.25) is 9.59 Å². The van der Waals surface area contributed by atoms with E-state index >= 15 is 0 Å². The number of nitrogens with one attached hydrogen (secondary N) is 1. The number of ether oxygens (including phenoxy) is 1. The zero-order chi connectivity index (χ0) is 17.9. The zero-order valence-corrected chi connectivity index (χ0v) is 14.2. The molecular weight excluding hydrogens is 320 g/mol. The Morgan fingerprint density at radius 3 is 2.44 bits per heavy atom. The van der Waals surface area contributed by atoms with Gasteiger partial charge in [-0.2, -0.15) is 5.10 Å². The fourth-order valence-electron chi connectivity index (χ4n) is 3.19. The van der Waals surface area contributed by atoms with Crippen LogP contribution in [0.25, 0.3) is 5.69 Å². The summed E-state index contributed by atoms with van der Waals surface area (Å²) in [5.41, 5.74) is 5.66. The first kappa shape index (κ1) is 17.0. The molecule has 1 aliphatic rings. The molecule has 0 unspecified atom stereocenters. The average molecular weight is 342 g/mol. The van der Waals surface area contributed by atoms with Crippen molar-refractivity contribution in [1.29, 1.82) is 0 Å². The molecule has 3 N–H and O–H groups in total. The number of carbonyl (C=O) groups excluding carboxylic acids is 2. The van der Waals surface area contributed by atoms with Crippen LogP contribution in [0.3, 0.4) is 0 Å². The molecule has 7 heteroatoms. The minimum absolute atomic E-state index is 0.252. The Balaban J connectivity index is 1.76. The van der Waals surface area contributed by atoms with E-state index in [1.54, 1.807) is 24.1 Å². The molecule has 1 heterocycles. The average Bonchev–Trinajstić information content (AvgIpc) is 3.13. The standard InChI is InChI=1S/C18H22N4O3/c1-25-14-7-5-13(6-8-14)22-12-9-15(21-22)16(23)20-18(17(19)24)10-3-2-4-11-18/h5-9,12H,2-4,10-11H2,1H3,(H2,19,24)(H,20,23). The van der Waals surface area contributed by atoms with Crippen LogP contribution in [0.5, 0.6) is 5.75 Å². The van der Waals surface area contributed by atoms with Gasteiger partial charge in [0, 0.05) is 6.20 Å². The summed E-state index contributed by atoms with van der Waals surface area (Å²) >= 11 is 0. The lowest BCUT2D eigenvalue weighted by Gasteiger charge is -2.34. The zero-order valence-electron chi connectivity index (χ0n) is 14.2. The van der Waals surface area contributed by atoms with Crippen LogP contribution in [-0.2, 0) is 4.79 Å². The molecule has 25 heavy (non-hydrogen) atoms. The molecule has 0 bridgehead atoms. The SMILES string of the molecule is COc1ccc(-n2ccc(C(=O)NC3(C(N)=O)CCCCC3)n2)cc1. The third-order valence-corrected chi connectivity index (χ3v) is 4.69. The number of methoxy groups -OCH3 is 1. The second-order valence-electron chi connectivity index (χ2n) is 6.30. The molecule has 0 spiro atoms. The third kappa shape index (κ3) is 3.50. The molecule has 1 aliphatic carbocycles. The summed E-state index contributed by atoms with van der Waals surface area (Å²) in [6.45, 7) is 0. The number of benzene rings is 1. The van der Waals surface area contributed by atoms with Crippen LogP contribution < -0.4 is 15.8 Å². The van der Waals surface area contributed by atoms with Crippen LogP contribution in [0, 0.1) is 0 Å². The van der Waals surface area contributed by atoms with E-state index in [1.165, 1.54) is 0 Å². The number of hydrogen-bond acceptors (Lipinski definition) is 4. The molecule has 1 fully saturated rings. The third-order valence-electron chi connectivity index (χ3n) is 4.69. The minimum Gasteiger partial charge on any atom is -0.497 e. The quantitative estimate of drug-likeness (QED) is 0.865. The van der Waals surface area contributed by atoms with Crippen LogP contribution in [-0.4, -0.2) is 34.2 Å². The van der Waals surface area contributed by atoms with Crippen molar-refractivity contribution in [1.82, 2.24) is 15.1 Å². The minimum atomic E-state index is -0.959. The molecule has 2 amide bonds. The first-order valence-electron chi connectivity index (χ1n) is 8.37. The largest absolute Gasteiger partial charge is 0.497 e. The summed E-state index contributed by atoms with van der Waals surface area (Å²) < 4.78 is 6.73. The van der Waals surface area contributed by atoms with Crippen molar-refractivity contribution in [3.05, 3.63) is 42.2 Å². The number of nitrogens with zero attached hydrogens (tertiary/aromatic N) is 2. The van der Waals surface area contributed by atoms with E-state index in [2.05, 4.69) is 10.4 Å². The van der Waals surface area contributed by atoms with Gasteiger partial charge in [-0.25, -0.2) is 4.68 Å². The normalized spacial score (nSPS) is 16.2. The number of amides is 2. The summed E-state index contributed by atoms with van der Waals surface area (Å²) in [4.78, 5) is 24.5. The topological polar surface area (TPSA) is 99.2 Å². The summed E-state index contributed by atoms with van der Waals surface area (Å²) in [6.07, 6.45) is 5.67. The number of hydrogen-bond donors (Lipinski definition) is 2. The summed E-state index contributed by atoms with van der Waals surface area (Å²) in [6, 6.07) is 8.96. The second kappa shape index (κ2) is 6.96. The lowest BCUT2D eigenvalue weighted by Crippen LogP contribution is -2.58. The number of aromatic nitrogens is 2. The molecule has 1 aromatic carbocycles. The van der Waals surface area contributed by atoms with Gasteiger partial charge in [-0.15, -0.1) is 0 Å². The Labute approximate surface area is 146 Å². The fraction of sp³-hybridized carbons (Fsp3) is 0.389. The molecule has 3 rings (SSSR count). The van der Waals surface area contributed by atoms with Gasteiger partial charge in [-0.1, -0.05) is 19.3 Å². The van der Waals surface area contributed by atoms with Crippen LogP contribution in [0.2, 0.25) is 0 Å². The Hall–Kier alpha value is -2.83. The van der Waals surface area contributed by atoms with Gasteiger partial charge in [0.2, 0.25) is 5.91 Å². The number of nitrogens with two attached hydrogens (primary N) is 1. The number of rotatable bonds is 5. The highest BCUT2D eigenvalue weighted by Gasteiger charge is 2.39. The van der Waals surface area contributed by atoms with E-state index < -0.39 is 11.4 Å². The van der Waals surface area contributed by atoms with Crippen molar-refractivity contribution in [3.63, 3.8) is 0 Å². The van der Waals surface area contributed by atoms with Gasteiger partial charge < -0.3 is 15.8 Å². The van der Waals surface area contributed by atoms with Crippen molar-refractivity contribution in [3.8, 4) is 11.4 Å². The molecule has 0 atom stereocenters. The van der Waals surface area contributed by atoms with Gasteiger partial charge in [-0.05, 0) is 43.2 Å². The van der Waals surface area contributed by atoms with Crippen molar-refractivity contribution in [2.45, 2.75) is 37.6 Å². The Bertz CT molecular complexity index is 761. The molecule has 0 radical (unpaired) electrons. The molecule has 132 valence electrons. The predicted molar refractivity (Wildman–Crippen MR) is 92.6 cm³/mol. The van der Waals surface area contributed by atoms with Crippen LogP contribution in [0.4, 0.5) is 0 Å². The van der Waals surface area contributed by atoms with Crippen LogP contribution >= 0.6 is 0 Å². The van der Waals surface area contributed by atoms with Crippen LogP contribution in [0.1, 0.15) is 42.6 Å². The van der Waals surface area contributed by atoms with Gasteiger partial charge in [0.05, 0.1) is 12.8 Å². The maximum absolute atomic E-state index is 12.6. The predicted octanol–water partition coefficient (Wildman–Crippen LogP) is 1.80. The molecule has 0 aliphatic heterocycles. The molecule has 2 aromatic rings. The highest BCUT2D eigenvalue weighted by molar-refractivity contribution is 5.97. The van der Waals surface area contributed by atoms with E-state index in [9.17, 15) is 9.59 Å². The first-order valence-corrected chi connectivity index (χ1v) is 8.37. The maximum Gasteiger partial charge on any atom is 0.272 e. The molecular formula is C18H22N4O3. The van der Waals surface area contributed by atoms with E-state index in [0.29, 0.717) is 12.8 Å². The monoisotopic (exact) mass is 342 g/mol. The van der Waals surface area contributed by atoms with Gasteiger partial charge >= 0.3 is 0 Å². The van der Waals surface area contributed by atoms with E-state index in [-0.39, 0.29) is 11.6 Å². The summed E-state index contributed by atoms with van der Waals surface area (Å²) in [7, 11) is 1.60. The van der Waals surface area contributed by atoms with Crippen LogP contribution in [0.15, 0.2) is 36.5 Å². The Morgan fingerprint density at radius 1 is 1.16 bits per heavy atom. The number of carbonyl (C=O) groups is 2. The maximum atomic E-state index is 12.6. The fourth-order valence-corrected chi connectivity index (χ4v) is 3.19. The molecule has 0 saturated heterocycles. The van der Waals surface area contributed by atoms with Crippen molar-refractivity contribution in [2.24, 2.45) is 5.73 Å². The van der Waals surface area contributed by atoms with Crippen molar-refractivity contribution >= 4 is 11.8 Å². The summed E-state index contributed by atoms with van der Waals surface area (Å²) in [5.74, 6) is -0.113. The summed E-state index contributed by atoms with van der Waals surface area (Å²) in [5, 5.41) is 7.13. The van der Waals surface area contributed by atoms with Crippen molar-refractivity contribution in [2.75, 3.05) is 7.11 Å². The van der Waals surface area contributed by atoms with Gasteiger partial charge in [0.15, 0.2) is 5.69 Å².